The number of carbonyl (C=O) groups is 3. The first-order valence-corrected chi connectivity index (χ1v) is 9.65. The third-order valence-corrected chi connectivity index (χ3v) is 4.81. The third-order valence-electron chi connectivity index (χ3n) is 4.44. The van der Waals surface area contributed by atoms with Gasteiger partial charge in [-0.15, -0.1) is 0 Å². The molecular weight excluding hydrogens is 396 g/mol. The molecule has 0 radical (unpaired) electrons. The summed E-state index contributed by atoms with van der Waals surface area (Å²) in [6.07, 6.45) is 0.729. The lowest BCUT2D eigenvalue weighted by Gasteiger charge is -2.12. The predicted octanol–water partition coefficient (Wildman–Crippen LogP) is 2.98. The Labute approximate surface area is 174 Å². The fraction of sp³-hybridized carbons (Fsp3) is 0.400. The van der Waals surface area contributed by atoms with Crippen LogP contribution in [-0.2, 0) is 16.1 Å². The lowest BCUT2D eigenvalue weighted by atomic mass is 10.2. The van der Waals surface area contributed by atoms with E-state index in [9.17, 15) is 14.4 Å². The van der Waals surface area contributed by atoms with Gasteiger partial charge in [-0.3, -0.25) is 14.8 Å². The zero-order valence-corrected chi connectivity index (χ0v) is 17.7. The smallest absolute Gasteiger partial charge is 0.342 e. The molecule has 0 saturated carbocycles. The van der Waals surface area contributed by atoms with E-state index < -0.39 is 24.5 Å². The number of urea groups is 1. The van der Waals surface area contributed by atoms with Crippen molar-refractivity contribution < 1.29 is 19.1 Å². The van der Waals surface area contributed by atoms with Crippen molar-refractivity contribution in [3.8, 4) is 0 Å². The van der Waals surface area contributed by atoms with E-state index in [0.717, 1.165) is 12.0 Å². The molecule has 2 aromatic rings. The minimum Gasteiger partial charge on any atom is -0.452 e. The number of nitrogens with one attached hydrogen (secondary N) is 2. The number of hydrogen-bond acceptors (Lipinski definition) is 5. The van der Waals surface area contributed by atoms with Crippen molar-refractivity contribution >= 4 is 29.5 Å². The molecule has 8 nitrogen and oxygen atoms in total. The summed E-state index contributed by atoms with van der Waals surface area (Å²) in [4.78, 5) is 35.9. The minimum absolute atomic E-state index is 0.0698. The maximum atomic E-state index is 12.5. The maximum Gasteiger partial charge on any atom is 0.342 e. The number of rotatable bonds is 7. The van der Waals surface area contributed by atoms with Crippen molar-refractivity contribution in [3.05, 3.63) is 51.8 Å². The van der Waals surface area contributed by atoms with Crippen LogP contribution < -0.4 is 10.6 Å². The normalized spacial score (nSPS) is 11.6. The van der Waals surface area contributed by atoms with Crippen molar-refractivity contribution in [1.29, 1.82) is 0 Å². The molecule has 1 heterocycles. The lowest BCUT2D eigenvalue weighted by Crippen LogP contribution is -2.44. The molecule has 0 aliphatic rings. The molecule has 9 heteroatoms. The highest BCUT2D eigenvalue weighted by Crippen LogP contribution is 2.20. The Hall–Kier alpha value is -2.87. The van der Waals surface area contributed by atoms with Crippen LogP contribution in [0.2, 0.25) is 5.02 Å². The van der Waals surface area contributed by atoms with Crippen LogP contribution in [0, 0.1) is 13.8 Å². The molecule has 0 unspecified atom stereocenters. The highest BCUT2D eigenvalue weighted by molar-refractivity contribution is 6.31. The van der Waals surface area contributed by atoms with Crippen LogP contribution >= 0.6 is 11.6 Å². The second-order valence-electron chi connectivity index (χ2n) is 6.70. The summed E-state index contributed by atoms with van der Waals surface area (Å²) in [5.74, 6) is -1.39. The van der Waals surface area contributed by atoms with Crippen molar-refractivity contribution in [2.45, 2.75) is 46.7 Å². The Kier molecular flexibility index (Phi) is 7.78. The molecule has 1 aromatic heterocycles. The summed E-state index contributed by atoms with van der Waals surface area (Å²) < 4.78 is 6.72. The van der Waals surface area contributed by atoms with Gasteiger partial charge < -0.3 is 10.1 Å². The summed E-state index contributed by atoms with van der Waals surface area (Å²) in [6, 6.07) is 6.68. The van der Waals surface area contributed by atoms with Crippen molar-refractivity contribution in [2.75, 3.05) is 6.61 Å². The number of aryl methyl sites for hydroxylation is 1. The average Bonchev–Trinajstić information content (AvgIpc) is 2.94. The molecular formula is C20H25ClN4O4. The molecule has 2 rings (SSSR count). The number of hydrogen-bond donors (Lipinski definition) is 2. The minimum atomic E-state index is -0.710. The van der Waals surface area contributed by atoms with E-state index in [-0.39, 0.29) is 11.6 Å². The fourth-order valence-electron chi connectivity index (χ4n) is 2.66. The number of ether oxygens (including phenoxy) is 1. The van der Waals surface area contributed by atoms with Gasteiger partial charge in [0.05, 0.1) is 17.9 Å². The summed E-state index contributed by atoms with van der Waals surface area (Å²) in [7, 11) is 0. The number of benzene rings is 1. The highest BCUT2D eigenvalue weighted by atomic mass is 35.5. The van der Waals surface area contributed by atoms with Crippen LogP contribution in [0.25, 0.3) is 0 Å². The lowest BCUT2D eigenvalue weighted by molar-refractivity contribution is -0.123. The highest BCUT2D eigenvalue weighted by Gasteiger charge is 2.22. The first-order chi connectivity index (χ1) is 13.7. The summed E-state index contributed by atoms with van der Waals surface area (Å²) in [6.45, 7) is 6.98. The van der Waals surface area contributed by atoms with E-state index in [0.29, 0.717) is 23.0 Å². The van der Waals surface area contributed by atoms with Gasteiger partial charge in [-0.1, -0.05) is 36.7 Å². The number of imide groups is 1. The topological polar surface area (TPSA) is 102 Å². The average molecular weight is 421 g/mol. The largest absolute Gasteiger partial charge is 0.452 e. The molecule has 0 spiro atoms. The van der Waals surface area contributed by atoms with Crippen LogP contribution in [0.3, 0.4) is 0 Å². The Morgan fingerprint density at radius 2 is 1.93 bits per heavy atom. The van der Waals surface area contributed by atoms with Crippen LogP contribution in [0.15, 0.2) is 24.3 Å². The zero-order valence-electron chi connectivity index (χ0n) is 16.9. The molecule has 1 atom stereocenters. The molecule has 0 bridgehead atoms. The van der Waals surface area contributed by atoms with E-state index in [1.807, 2.05) is 32.0 Å². The monoisotopic (exact) mass is 420 g/mol. The molecule has 156 valence electrons. The first kappa shape index (κ1) is 22.4. The number of aromatic nitrogens is 2. The van der Waals surface area contributed by atoms with Gasteiger partial charge >= 0.3 is 12.0 Å². The molecule has 29 heavy (non-hydrogen) atoms. The number of carbonyl (C=O) groups excluding carboxylic acids is 3. The molecule has 0 saturated heterocycles. The van der Waals surface area contributed by atoms with Crippen molar-refractivity contribution in [3.63, 3.8) is 0 Å². The van der Waals surface area contributed by atoms with Crippen LogP contribution in [0.1, 0.15) is 47.6 Å². The SMILES string of the molecule is CC[C@H](C)NC(=O)NC(=O)COC(=O)c1c(C)nn(Cc2ccccc2Cl)c1C. The van der Waals surface area contributed by atoms with E-state index in [1.54, 1.807) is 24.6 Å². The van der Waals surface area contributed by atoms with Gasteiger partial charge in [0.1, 0.15) is 5.56 Å². The van der Waals surface area contributed by atoms with Gasteiger partial charge in [0.15, 0.2) is 6.61 Å². The van der Waals surface area contributed by atoms with Gasteiger partial charge in [-0.25, -0.2) is 9.59 Å². The standard InChI is InChI=1S/C20H25ClN4O4/c1-5-12(2)22-20(28)23-17(26)11-29-19(27)18-13(3)24-25(14(18)4)10-15-8-6-7-9-16(15)21/h6-9,12H,5,10-11H2,1-4H3,(H2,22,23,26,28)/t12-/m0/s1. The number of halogens is 1. The number of amides is 3. The first-order valence-electron chi connectivity index (χ1n) is 9.27. The molecule has 0 aliphatic heterocycles. The van der Waals surface area contributed by atoms with Gasteiger partial charge in [0.25, 0.3) is 5.91 Å². The number of esters is 1. The summed E-state index contributed by atoms with van der Waals surface area (Å²) in [5.41, 5.74) is 2.23. The summed E-state index contributed by atoms with van der Waals surface area (Å²) in [5, 5.41) is 9.70. The predicted molar refractivity (Wildman–Crippen MR) is 109 cm³/mol. The third kappa shape index (κ3) is 6.05. The van der Waals surface area contributed by atoms with Crippen LogP contribution in [0.4, 0.5) is 4.79 Å². The molecule has 0 fully saturated rings. The summed E-state index contributed by atoms with van der Waals surface area (Å²) >= 11 is 6.19. The van der Waals surface area contributed by atoms with Crippen molar-refractivity contribution in [2.24, 2.45) is 0 Å². The molecule has 3 amide bonds. The fourth-order valence-corrected chi connectivity index (χ4v) is 2.86. The van der Waals surface area contributed by atoms with Gasteiger partial charge in [0, 0.05) is 11.1 Å². The molecule has 1 aromatic carbocycles. The Morgan fingerprint density at radius 1 is 1.24 bits per heavy atom. The van der Waals surface area contributed by atoms with E-state index >= 15 is 0 Å². The van der Waals surface area contributed by atoms with Gasteiger partial charge in [0.2, 0.25) is 0 Å². The van der Waals surface area contributed by atoms with Crippen molar-refractivity contribution in [1.82, 2.24) is 20.4 Å². The molecule has 2 N–H and O–H groups in total. The maximum absolute atomic E-state index is 12.5. The van der Waals surface area contributed by atoms with E-state index in [2.05, 4.69) is 15.7 Å². The number of nitrogens with zero attached hydrogens (tertiary/aromatic N) is 2. The van der Waals surface area contributed by atoms with E-state index in [1.165, 1.54) is 0 Å². The quantitative estimate of drug-likeness (QED) is 0.670. The molecule has 0 aliphatic carbocycles. The second-order valence-corrected chi connectivity index (χ2v) is 7.11. The van der Waals surface area contributed by atoms with Crippen LogP contribution in [-0.4, -0.2) is 40.3 Å². The second kappa shape index (κ2) is 10.1. The van der Waals surface area contributed by atoms with Crippen LogP contribution in [0.5, 0.6) is 0 Å². The van der Waals surface area contributed by atoms with E-state index in [4.69, 9.17) is 16.3 Å². The zero-order chi connectivity index (χ0) is 21.6. The Balaban J connectivity index is 1.99. The Bertz CT molecular complexity index is 910. The van der Waals surface area contributed by atoms with Gasteiger partial charge in [-0.2, -0.15) is 5.10 Å². The Morgan fingerprint density at radius 3 is 2.59 bits per heavy atom. The van der Waals surface area contributed by atoms with Gasteiger partial charge in [-0.05, 0) is 38.8 Å².